The Morgan fingerprint density at radius 3 is 3.00 bits per heavy atom. The summed E-state index contributed by atoms with van der Waals surface area (Å²) in [6.07, 6.45) is -0.843. The first-order chi connectivity index (χ1) is 11.1. The smallest absolute Gasteiger partial charge is 0.186 e. The van der Waals surface area contributed by atoms with Gasteiger partial charge in [0.05, 0.1) is 5.02 Å². The van der Waals surface area contributed by atoms with E-state index >= 15 is 0 Å². The third-order valence-corrected chi connectivity index (χ3v) is 4.90. The van der Waals surface area contributed by atoms with E-state index in [2.05, 4.69) is 33.5 Å². The van der Waals surface area contributed by atoms with Crippen LogP contribution in [0, 0.1) is 0 Å². The Balaban J connectivity index is 2.00. The Labute approximate surface area is 147 Å². The number of rotatable bonds is 5. The summed E-state index contributed by atoms with van der Waals surface area (Å²) in [7, 11) is 0. The van der Waals surface area contributed by atoms with Gasteiger partial charge in [-0.05, 0) is 40.9 Å². The van der Waals surface area contributed by atoms with Gasteiger partial charge < -0.3 is 10.4 Å². The van der Waals surface area contributed by atoms with Gasteiger partial charge in [-0.3, -0.25) is 0 Å². The number of hydrogen-bond donors (Lipinski definition) is 3. The fourth-order valence-electron chi connectivity index (χ4n) is 2.11. The second-order valence-electron chi connectivity index (χ2n) is 4.86. The molecule has 9 heteroatoms. The monoisotopic (exact) mass is 367 g/mol. The number of aliphatic hydroxyl groups is 1. The van der Waals surface area contributed by atoms with Crippen LogP contribution in [-0.2, 0) is 6.54 Å². The fourth-order valence-corrected chi connectivity index (χ4v) is 3.11. The molecule has 3 aromatic rings. The van der Waals surface area contributed by atoms with E-state index in [1.54, 1.807) is 30.4 Å². The average molecular weight is 368 g/mol. The largest absolute Gasteiger partial charge is 0.380 e. The Bertz CT molecular complexity index is 804. The molecule has 2 heterocycles. The molecule has 6 nitrogen and oxygen atoms in total. The SMILES string of the molecule is CC(O)n1nnnc1-c1cc(S)c(Cl)cc1NCc1cccs1. The number of benzene rings is 1. The fraction of sp³-hybridized carbons (Fsp3) is 0.214. The summed E-state index contributed by atoms with van der Waals surface area (Å²) in [5.41, 5.74) is 1.50. The number of hydrogen-bond acceptors (Lipinski definition) is 7. The van der Waals surface area contributed by atoms with Gasteiger partial charge in [0.2, 0.25) is 0 Å². The van der Waals surface area contributed by atoms with E-state index in [9.17, 15) is 5.11 Å². The first-order valence-electron chi connectivity index (χ1n) is 6.81. The molecule has 23 heavy (non-hydrogen) atoms. The van der Waals surface area contributed by atoms with Gasteiger partial charge in [-0.2, -0.15) is 4.68 Å². The van der Waals surface area contributed by atoms with Crippen LogP contribution in [0.2, 0.25) is 5.02 Å². The minimum Gasteiger partial charge on any atom is -0.380 e. The molecule has 0 saturated carbocycles. The lowest BCUT2D eigenvalue weighted by molar-refractivity contribution is 0.110. The van der Waals surface area contributed by atoms with Crippen molar-refractivity contribution in [2.24, 2.45) is 0 Å². The summed E-state index contributed by atoms with van der Waals surface area (Å²) < 4.78 is 1.34. The Hall–Kier alpha value is -1.61. The number of halogens is 1. The molecule has 1 unspecified atom stereocenters. The molecule has 0 amide bonds. The summed E-state index contributed by atoms with van der Waals surface area (Å²) in [6, 6.07) is 7.62. The number of thiol groups is 1. The van der Waals surface area contributed by atoms with Gasteiger partial charge in [-0.25, -0.2) is 0 Å². The normalized spacial score (nSPS) is 12.3. The van der Waals surface area contributed by atoms with Crippen molar-refractivity contribution >= 4 is 41.3 Å². The second kappa shape index (κ2) is 6.88. The van der Waals surface area contributed by atoms with Crippen LogP contribution in [0.25, 0.3) is 11.4 Å². The van der Waals surface area contributed by atoms with Crippen molar-refractivity contribution in [2.75, 3.05) is 5.32 Å². The van der Waals surface area contributed by atoms with Crippen molar-refractivity contribution in [3.05, 3.63) is 39.5 Å². The molecule has 0 aliphatic heterocycles. The molecule has 0 spiro atoms. The molecule has 0 radical (unpaired) electrons. The van der Waals surface area contributed by atoms with Crippen molar-refractivity contribution in [3.8, 4) is 11.4 Å². The van der Waals surface area contributed by atoms with Crippen molar-refractivity contribution < 1.29 is 5.11 Å². The number of nitrogens with zero attached hydrogens (tertiary/aromatic N) is 4. The maximum absolute atomic E-state index is 9.81. The molecule has 1 atom stereocenters. The van der Waals surface area contributed by atoms with Crippen LogP contribution in [0.5, 0.6) is 0 Å². The van der Waals surface area contributed by atoms with Gasteiger partial charge in [-0.15, -0.1) is 29.1 Å². The molecule has 0 bridgehead atoms. The van der Waals surface area contributed by atoms with Crippen molar-refractivity contribution in [3.63, 3.8) is 0 Å². The number of aromatic nitrogens is 4. The van der Waals surface area contributed by atoms with E-state index in [-0.39, 0.29) is 0 Å². The van der Waals surface area contributed by atoms with E-state index in [0.29, 0.717) is 22.3 Å². The van der Waals surface area contributed by atoms with E-state index in [1.807, 2.05) is 17.5 Å². The number of nitrogens with one attached hydrogen (secondary N) is 1. The van der Waals surface area contributed by atoms with Gasteiger partial charge in [0.1, 0.15) is 6.23 Å². The van der Waals surface area contributed by atoms with E-state index in [4.69, 9.17) is 11.6 Å². The minimum absolute atomic E-state index is 0.445. The minimum atomic E-state index is -0.843. The topological polar surface area (TPSA) is 75.9 Å². The highest BCUT2D eigenvalue weighted by molar-refractivity contribution is 7.80. The molecule has 2 N–H and O–H groups in total. The predicted octanol–water partition coefficient (Wildman–Crippen LogP) is 3.47. The molecular formula is C14H14ClN5OS2. The highest BCUT2D eigenvalue weighted by atomic mass is 35.5. The Morgan fingerprint density at radius 2 is 2.30 bits per heavy atom. The van der Waals surface area contributed by atoms with Crippen LogP contribution in [0.1, 0.15) is 18.0 Å². The predicted molar refractivity (Wildman–Crippen MR) is 94.1 cm³/mol. The average Bonchev–Trinajstić information content (AvgIpc) is 3.18. The first-order valence-corrected chi connectivity index (χ1v) is 8.52. The summed E-state index contributed by atoms with van der Waals surface area (Å²) in [5, 5.41) is 27.2. The van der Waals surface area contributed by atoms with E-state index in [1.165, 1.54) is 9.56 Å². The van der Waals surface area contributed by atoms with Crippen LogP contribution in [0.15, 0.2) is 34.5 Å². The number of anilines is 1. The third-order valence-electron chi connectivity index (χ3n) is 3.21. The van der Waals surface area contributed by atoms with Crippen LogP contribution in [-0.4, -0.2) is 25.3 Å². The highest BCUT2D eigenvalue weighted by Crippen LogP contribution is 2.34. The summed E-state index contributed by atoms with van der Waals surface area (Å²) in [4.78, 5) is 1.81. The van der Waals surface area contributed by atoms with Gasteiger partial charge in [-0.1, -0.05) is 17.7 Å². The third kappa shape index (κ3) is 3.50. The second-order valence-corrected chi connectivity index (χ2v) is 6.78. The molecule has 2 aromatic heterocycles. The Kier molecular flexibility index (Phi) is 4.86. The van der Waals surface area contributed by atoms with Gasteiger partial charge >= 0.3 is 0 Å². The van der Waals surface area contributed by atoms with Gasteiger partial charge in [0.25, 0.3) is 0 Å². The van der Waals surface area contributed by atoms with Crippen LogP contribution in [0.3, 0.4) is 0 Å². The zero-order valence-electron chi connectivity index (χ0n) is 12.1. The standard InChI is InChI=1S/C14H14ClN5OS2/c1-8(21)20-14(17-18-19-20)10-5-13(22)11(15)6-12(10)16-7-9-3-2-4-23-9/h2-6,8,16,21-22H,7H2,1H3. The molecule has 0 aliphatic carbocycles. The maximum atomic E-state index is 9.81. The summed E-state index contributed by atoms with van der Waals surface area (Å²) >= 11 is 12.2. The summed E-state index contributed by atoms with van der Waals surface area (Å²) in [5.74, 6) is 0.445. The van der Waals surface area contributed by atoms with Crippen molar-refractivity contribution in [2.45, 2.75) is 24.6 Å². The molecule has 1 aromatic carbocycles. The van der Waals surface area contributed by atoms with E-state index in [0.717, 1.165) is 11.3 Å². The highest BCUT2D eigenvalue weighted by Gasteiger charge is 2.17. The molecule has 3 rings (SSSR count). The quantitative estimate of drug-likeness (QED) is 0.602. The molecular weight excluding hydrogens is 354 g/mol. The van der Waals surface area contributed by atoms with Crippen LogP contribution >= 0.6 is 35.6 Å². The van der Waals surface area contributed by atoms with Crippen LogP contribution < -0.4 is 5.32 Å². The van der Waals surface area contributed by atoms with Gasteiger partial charge in [0, 0.05) is 27.6 Å². The van der Waals surface area contributed by atoms with Crippen molar-refractivity contribution in [1.29, 1.82) is 0 Å². The molecule has 0 aliphatic rings. The molecule has 0 fully saturated rings. The molecule has 0 saturated heterocycles. The van der Waals surface area contributed by atoms with Gasteiger partial charge in [0.15, 0.2) is 5.82 Å². The number of aliphatic hydroxyl groups excluding tert-OH is 1. The zero-order valence-corrected chi connectivity index (χ0v) is 14.6. The first kappa shape index (κ1) is 16.3. The van der Waals surface area contributed by atoms with Crippen molar-refractivity contribution in [1.82, 2.24) is 20.2 Å². The lowest BCUT2D eigenvalue weighted by Gasteiger charge is -2.14. The maximum Gasteiger partial charge on any atom is 0.186 e. The Morgan fingerprint density at radius 1 is 1.48 bits per heavy atom. The zero-order chi connectivity index (χ0) is 16.4. The lowest BCUT2D eigenvalue weighted by atomic mass is 10.1. The lowest BCUT2D eigenvalue weighted by Crippen LogP contribution is -2.09. The van der Waals surface area contributed by atoms with Crippen LogP contribution in [0.4, 0.5) is 5.69 Å². The molecule has 120 valence electrons. The number of thiophene rings is 1. The van der Waals surface area contributed by atoms with E-state index < -0.39 is 6.23 Å². The summed E-state index contributed by atoms with van der Waals surface area (Å²) in [6.45, 7) is 2.25. The number of tetrazole rings is 1.